The van der Waals surface area contributed by atoms with Crippen LogP contribution < -0.4 is 11.1 Å². The zero-order valence-corrected chi connectivity index (χ0v) is 14.4. The van der Waals surface area contributed by atoms with E-state index in [9.17, 15) is 13.2 Å². The number of piperidine rings is 1. The molecule has 0 radical (unpaired) electrons. The Morgan fingerprint density at radius 3 is 2.91 bits per heavy atom. The van der Waals surface area contributed by atoms with Crippen LogP contribution in [0.5, 0.6) is 0 Å². The predicted octanol–water partition coefficient (Wildman–Crippen LogP) is 0.929. The summed E-state index contributed by atoms with van der Waals surface area (Å²) in [5.41, 5.74) is 5.72. The molecule has 22 heavy (non-hydrogen) atoms. The van der Waals surface area contributed by atoms with Gasteiger partial charge in [0.2, 0.25) is 5.91 Å². The SMILES string of the molecule is CC(=O)NCCc1ccc(S(=O)(=O)N2CCCCC2CN)s1. The van der Waals surface area contributed by atoms with E-state index in [1.165, 1.54) is 18.3 Å². The zero-order valence-electron chi connectivity index (χ0n) is 12.7. The number of carbonyl (C=O) groups is 1. The van der Waals surface area contributed by atoms with Gasteiger partial charge in [0, 0.05) is 37.5 Å². The van der Waals surface area contributed by atoms with Crippen LogP contribution in [-0.2, 0) is 21.2 Å². The Kier molecular flexibility index (Phi) is 5.96. The van der Waals surface area contributed by atoms with Gasteiger partial charge in [-0.3, -0.25) is 4.79 Å². The maximum atomic E-state index is 12.8. The summed E-state index contributed by atoms with van der Waals surface area (Å²) in [4.78, 5) is 11.8. The molecule has 1 saturated heterocycles. The van der Waals surface area contributed by atoms with Gasteiger partial charge >= 0.3 is 0 Å². The quantitative estimate of drug-likeness (QED) is 0.802. The minimum absolute atomic E-state index is 0.0801. The highest BCUT2D eigenvalue weighted by Gasteiger charge is 2.33. The highest BCUT2D eigenvalue weighted by atomic mass is 32.2. The molecule has 1 unspecified atom stereocenters. The minimum atomic E-state index is -3.46. The van der Waals surface area contributed by atoms with Gasteiger partial charge < -0.3 is 11.1 Å². The Balaban J connectivity index is 2.09. The predicted molar refractivity (Wildman–Crippen MR) is 87.3 cm³/mol. The topological polar surface area (TPSA) is 92.5 Å². The summed E-state index contributed by atoms with van der Waals surface area (Å²) in [7, 11) is -3.46. The number of sulfonamides is 1. The lowest BCUT2D eigenvalue weighted by Crippen LogP contribution is -2.47. The van der Waals surface area contributed by atoms with Gasteiger partial charge in [-0.1, -0.05) is 6.42 Å². The van der Waals surface area contributed by atoms with Gasteiger partial charge in [-0.05, 0) is 31.4 Å². The van der Waals surface area contributed by atoms with Gasteiger partial charge in [-0.25, -0.2) is 8.42 Å². The van der Waals surface area contributed by atoms with E-state index in [0.29, 0.717) is 30.3 Å². The summed E-state index contributed by atoms with van der Waals surface area (Å²) in [6, 6.07) is 3.38. The molecule has 2 rings (SSSR count). The number of nitrogens with two attached hydrogens (primary N) is 1. The van der Waals surface area contributed by atoms with Crippen LogP contribution in [0.2, 0.25) is 0 Å². The van der Waals surface area contributed by atoms with E-state index in [0.717, 1.165) is 24.1 Å². The Labute approximate surface area is 135 Å². The second-order valence-corrected chi connectivity index (χ2v) is 8.74. The number of nitrogens with zero attached hydrogens (tertiary/aromatic N) is 1. The maximum Gasteiger partial charge on any atom is 0.252 e. The first-order valence-electron chi connectivity index (χ1n) is 7.50. The minimum Gasteiger partial charge on any atom is -0.356 e. The number of carbonyl (C=O) groups excluding carboxylic acids is 1. The second-order valence-electron chi connectivity index (χ2n) is 5.45. The molecule has 1 aliphatic rings. The Morgan fingerprint density at radius 1 is 1.45 bits per heavy atom. The highest BCUT2D eigenvalue weighted by Crippen LogP contribution is 2.29. The molecule has 0 bridgehead atoms. The molecule has 0 saturated carbocycles. The summed E-state index contributed by atoms with van der Waals surface area (Å²) in [6.45, 7) is 2.89. The fraction of sp³-hybridized carbons (Fsp3) is 0.643. The largest absolute Gasteiger partial charge is 0.356 e. The van der Waals surface area contributed by atoms with Gasteiger partial charge in [-0.15, -0.1) is 11.3 Å². The van der Waals surface area contributed by atoms with E-state index >= 15 is 0 Å². The summed E-state index contributed by atoms with van der Waals surface area (Å²) in [6.07, 6.45) is 3.38. The molecule has 1 fully saturated rings. The third-order valence-corrected chi connectivity index (χ3v) is 7.35. The average Bonchev–Trinajstić information content (AvgIpc) is 2.96. The molecule has 1 aromatic rings. The molecule has 0 aliphatic carbocycles. The number of amides is 1. The number of nitrogens with one attached hydrogen (secondary N) is 1. The number of thiophene rings is 1. The van der Waals surface area contributed by atoms with E-state index in [-0.39, 0.29) is 11.9 Å². The number of hydrogen-bond acceptors (Lipinski definition) is 5. The van der Waals surface area contributed by atoms with E-state index in [1.54, 1.807) is 10.4 Å². The lowest BCUT2D eigenvalue weighted by molar-refractivity contribution is -0.118. The monoisotopic (exact) mass is 345 g/mol. The van der Waals surface area contributed by atoms with Gasteiger partial charge in [0.1, 0.15) is 4.21 Å². The standard InChI is InChI=1S/C14H23N3O3S2/c1-11(18)16-8-7-13-5-6-14(21-13)22(19,20)17-9-3-2-4-12(17)10-15/h5-6,12H,2-4,7-10,15H2,1H3,(H,16,18). The van der Waals surface area contributed by atoms with Crippen molar-refractivity contribution in [2.45, 2.75) is 42.9 Å². The normalized spacial score (nSPS) is 20.0. The molecule has 124 valence electrons. The summed E-state index contributed by atoms with van der Waals surface area (Å²) in [5.74, 6) is -0.0801. The molecule has 1 atom stereocenters. The molecule has 3 N–H and O–H groups in total. The molecular weight excluding hydrogens is 322 g/mol. The molecule has 1 amide bonds. The first-order chi connectivity index (χ1) is 10.4. The number of rotatable bonds is 6. The Hall–Kier alpha value is -0.960. The molecule has 0 spiro atoms. The van der Waals surface area contributed by atoms with Gasteiger partial charge in [-0.2, -0.15) is 4.31 Å². The van der Waals surface area contributed by atoms with Crippen LogP contribution in [0, 0.1) is 0 Å². The van der Waals surface area contributed by atoms with Crippen LogP contribution in [0.15, 0.2) is 16.3 Å². The van der Waals surface area contributed by atoms with Crippen LogP contribution in [-0.4, -0.2) is 44.3 Å². The van der Waals surface area contributed by atoms with Crippen LogP contribution in [0.3, 0.4) is 0 Å². The average molecular weight is 345 g/mol. The van der Waals surface area contributed by atoms with Crippen molar-refractivity contribution in [3.8, 4) is 0 Å². The third-order valence-electron chi connectivity index (χ3n) is 3.79. The molecule has 8 heteroatoms. The van der Waals surface area contributed by atoms with Crippen molar-refractivity contribution in [1.82, 2.24) is 9.62 Å². The van der Waals surface area contributed by atoms with Crippen molar-refractivity contribution >= 4 is 27.3 Å². The van der Waals surface area contributed by atoms with E-state index in [2.05, 4.69) is 5.32 Å². The fourth-order valence-electron chi connectivity index (χ4n) is 2.63. The van der Waals surface area contributed by atoms with E-state index in [4.69, 9.17) is 5.73 Å². The molecule has 1 aromatic heterocycles. The first kappa shape index (κ1) is 17.4. The van der Waals surface area contributed by atoms with Crippen LogP contribution in [0.1, 0.15) is 31.1 Å². The number of hydrogen-bond donors (Lipinski definition) is 2. The molecule has 6 nitrogen and oxygen atoms in total. The smallest absolute Gasteiger partial charge is 0.252 e. The lowest BCUT2D eigenvalue weighted by atomic mass is 10.1. The van der Waals surface area contributed by atoms with Gasteiger partial charge in [0.05, 0.1) is 0 Å². The van der Waals surface area contributed by atoms with Crippen molar-refractivity contribution in [1.29, 1.82) is 0 Å². The fourth-order valence-corrected chi connectivity index (χ4v) is 5.82. The zero-order chi connectivity index (χ0) is 16.2. The van der Waals surface area contributed by atoms with Crippen molar-refractivity contribution < 1.29 is 13.2 Å². The first-order valence-corrected chi connectivity index (χ1v) is 9.76. The second kappa shape index (κ2) is 7.54. The summed E-state index contributed by atoms with van der Waals surface area (Å²) >= 11 is 1.28. The highest BCUT2D eigenvalue weighted by molar-refractivity contribution is 7.91. The summed E-state index contributed by atoms with van der Waals surface area (Å²) < 4.78 is 27.4. The van der Waals surface area contributed by atoms with Crippen molar-refractivity contribution in [2.75, 3.05) is 19.6 Å². The van der Waals surface area contributed by atoms with Crippen molar-refractivity contribution in [3.63, 3.8) is 0 Å². The molecular formula is C14H23N3O3S2. The van der Waals surface area contributed by atoms with Crippen LogP contribution >= 0.6 is 11.3 Å². The molecule has 1 aliphatic heterocycles. The lowest BCUT2D eigenvalue weighted by Gasteiger charge is -2.33. The van der Waals surface area contributed by atoms with Crippen LogP contribution in [0.25, 0.3) is 0 Å². The van der Waals surface area contributed by atoms with Crippen molar-refractivity contribution in [2.24, 2.45) is 5.73 Å². The Morgan fingerprint density at radius 2 is 2.23 bits per heavy atom. The third kappa shape index (κ3) is 4.07. The van der Waals surface area contributed by atoms with Crippen molar-refractivity contribution in [3.05, 3.63) is 17.0 Å². The summed E-state index contributed by atoms with van der Waals surface area (Å²) in [5, 5.41) is 2.71. The Bertz CT molecular complexity index is 613. The molecule has 0 aromatic carbocycles. The maximum absolute atomic E-state index is 12.8. The van der Waals surface area contributed by atoms with Gasteiger partial charge in [0.15, 0.2) is 0 Å². The van der Waals surface area contributed by atoms with E-state index in [1.807, 2.05) is 6.07 Å². The van der Waals surface area contributed by atoms with Gasteiger partial charge in [0.25, 0.3) is 10.0 Å². The van der Waals surface area contributed by atoms with E-state index < -0.39 is 10.0 Å². The van der Waals surface area contributed by atoms with Crippen LogP contribution in [0.4, 0.5) is 0 Å². The molecule has 2 heterocycles.